The first-order valence-corrected chi connectivity index (χ1v) is 11.3. The summed E-state index contributed by atoms with van der Waals surface area (Å²) in [5.74, 6) is 0.566. The molecule has 0 aliphatic heterocycles. The summed E-state index contributed by atoms with van der Waals surface area (Å²) in [5, 5.41) is 0. The Balaban J connectivity index is 1.49. The van der Waals surface area contributed by atoms with Crippen LogP contribution in [0.25, 0.3) is 11.2 Å². The van der Waals surface area contributed by atoms with Crippen molar-refractivity contribution in [2.75, 3.05) is 12.3 Å². The molecule has 10 nitrogen and oxygen atoms in total. The van der Waals surface area contributed by atoms with Crippen molar-refractivity contribution >= 4 is 30.4 Å². The van der Waals surface area contributed by atoms with Crippen molar-refractivity contribution in [1.82, 2.24) is 19.5 Å². The molecule has 0 amide bonds. The number of nitrogen functional groups attached to an aromatic ring is 1. The first-order valence-electron chi connectivity index (χ1n) is 9.47. The summed E-state index contributed by atoms with van der Waals surface area (Å²) >= 11 is 0. The van der Waals surface area contributed by atoms with E-state index in [1.807, 2.05) is 4.57 Å². The van der Waals surface area contributed by atoms with Gasteiger partial charge in [0.2, 0.25) is 0 Å². The van der Waals surface area contributed by atoms with Crippen LogP contribution in [0.1, 0.15) is 42.1 Å². The summed E-state index contributed by atoms with van der Waals surface area (Å²) in [5.41, 5.74) is 7.81. The fraction of sp³-hybridized carbons (Fsp3) is 0.368. The van der Waals surface area contributed by atoms with E-state index in [2.05, 4.69) is 15.0 Å². The lowest BCUT2D eigenvalue weighted by atomic mass is 10.1. The molecule has 0 unspecified atom stereocenters. The lowest BCUT2D eigenvalue weighted by Crippen LogP contribution is -2.05. The molecule has 4 N–H and O–H groups in total. The summed E-state index contributed by atoms with van der Waals surface area (Å²) in [7, 11) is -4.20. The second-order valence-electron chi connectivity index (χ2n) is 6.99. The van der Waals surface area contributed by atoms with Gasteiger partial charge in [-0.25, -0.2) is 15.0 Å². The third-order valence-electron chi connectivity index (χ3n) is 4.54. The number of hydrogen-bond acceptors (Lipinski definition) is 7. The molecule has 0 spiro atoms. The molecule has 3 rings (SSSR count). The molecular weight excluding hydrogens is 409 g/mol. The van der Waals surface area contributed by atoms with Gasteiger partial charge >= 0.3 is 7.60 Å². The van der Waals surface area contributed by atoms with Gasteiger partial charge in [0.1, 0.15) is 17.6 Å². The minimum absolute atomic E-state index is 0.217. The molecule has 160 valence electrons. The second kappa shape index (κ2) is 9.34. The zero-order valence-corrected chi connectivity index (χ0v) is 17.5. The molecule has 0 atom stereocenters. The Morgan fingerprint density at radius 3 is 2.73 bits per heavy atom. The number of imidazole rings is 1. The van der Waals surface area contributed by atoms with Gasteiger partial charge in [-0.05, 0) is 43.9 Å². The maximum atomic E-state index is 11.9. The van der Waals surface area contributed by atoms with Gasteiger partial charge in [0.25, 0.3) is 0 Å². The number of ether oxygens (including phenoxy) is 1. The van der Waals surface area contributed by atoms with E-state index in [-0.39, 0.29) is 5.78 Å². The number of carbonyl (C=O) groups is 1. The van der Waals surface area contributed by atoms with Crippen molar-refractivity contribution in [3.05, 3.63) is 42.0 Å². The molecule has 0 aliphatic rings. The Hall–Kier alpha value is -2.81. The van der Waals surface area contributed by atoms with Crippen LogP contribution in [0.2, 0.25) is 0 Å². The van der Waals surface area contributed by atoms with Crippen molar-refractivity contribution in [1.29, 1.82) is 0 Å². The SMILES string of the molecule is CC(=O)c1cc(CP(=O)(O)O)ccc1OCCCCCn1cnc2c(N)ncnc21. The molecule has 3 aromatic rings. The minimum atomic E-state index is -4.20. The number of fused-ring (bicyclic) bond motifs is 1. The summed E-state index contributed by atoms with van der Waals surface area (Å²) in [6, 6.07) is 4.64. The molecule has 30 heavy (non-hydrogen) atoms. The molecule has 0 saturated carbocycles. The summed E-state index contributed by atoms with van der Waals surface area (Å²) in [4.78, 5) is 42.5. The topological polar surface area (TPSA) is 153 Å². The third-order valence-corrected chi connectivity index (χ3v) is 5.32. The summed E-state index contributed by atoms with van der Waals surface area (Å²) in [6.07, 6.45) is 5.27. The average Bonchev–Trinajstić information content (AvgIpc) is 3.08. The summed E-state index contributed by atoms with van der Waals surface area (Å²) < 4.78 is 18.8. The monoisotopic (exact) mass is 433 g/mol. The van der Waals surface area contributed by atoms with E-state index in [4.69, 9.17) is 20.3 Å². The van der Waals surface area contributed by atoms with Crippen LogP contribution in [0.5, 0.6) is 5.75 Å². The van der Waals surface area contributed by atoms with E-state index >= 15 is 0 Å². The first-order chi connectivity index (χ1) is 14.2. The van der Waals surface area contributed by atoms with Gasteiger partial charge in [0, 0.05) is 6.54 Å². The van der Waals surface area contributed by atoms with Gasteiger partial charge in [0.05, 0.1) is 24.7 Å². The van der Waals surface area contributed by atoms with E-state index in [9.17, 15) is 9.36 Å². The predicted octanol–water partition coefficient (Wildman–Crippen LogP) is 2.54. The van der Waals surface area contributed by atoms with E-state index in [0.717, 1.165) is 25.8 Å². The Morgan fingerprint density at radius 1 is 1.20 bits per heavy atom. The molecule has 1 aromatic carbocycles. The number of nitrogens with zero attached hydrogens (tertiary/aromatic N) is 4. The fourth-order valence-corrected chi connectivity index (χ4v) is 3.79. The van der Waals surface area contributed by atoms with Gasteiger partial charge in [-0.2, -0.15) is 0 Å². The van der Waals surface area contributed by atoms with Gasteiger partial charge < -0.3 is 24.8 Å². The van der Waals surface area contributed by atoms with Crippen molar-refractivity contribution in [3.8, 4) is 5.75 Å². The number of benzene rings is 1. The van der Waals surface area contributed by atoms with Crippen LogP contribution in [-0.2, 0) is 17.3 Å². The standard InChI is InChI=1S/C19H24N5O5P/c1-13(25)15-9-14(10-30(26,27)28)5-6-16(15)29-8-4-2-3-7-24-12-23-17-18(20)21-11-22-19(17)24/h5-6,9,11-12H,2-4,7-8,10H2,1H3,(H2,20,21,22)(H2,26,27,28). The van der Waals surface area contributed by atoms with Crippen LogP contribution in [-0.4, -0.2) is 41.7 Å². The number of carbonyl (C=O) groups excluding carboxylic acids is 1. The molecule has 0 radical (unpaired) electrons. The largest absolute Gasteiger partial charge is 0.493 e. The van der Waals surface area contributed by atoms with Crippen LogP contribution in [0.3, 0.4) is 0 Å². The van der Waals surface area contributed by atoms with Crippen LogP contribution < -0.4 is 10.5 Å². The molecule has 2 aromatic heterocycles. The number of rotatable bonds is 10. The average molecular weight is 433 g/mol. The molecule has 0 aliphatic carbocycles. The maximum absolute atomic E-state index is 11.9. The lowest BCUT2D eigenvalue weighted by Gasteiger charge is -2.12. The van der Waals surface area contributed by atoms with Crippen LogP contribution in [0, 0.1) is 0 Å². The highest BCUT2D eigenvalue weighted by molar-refractivity contribution is 7.50. The number of aromatic nitrogens is 4. The number of hydrogen-bond donors (Lipinski definition) is 3. The second-order valence-corrected chi connectivity index (χ2v) is 8.63. The van der Waals surface area contributed by atoms with Crippen molar-refractivity contribution in [2.45, 2.75) is 38.9 Å². The number of unbranched alkanes of at least 4 members (excludes halogenated alkanes) is 2. The van der Waals surface area contributed by atoms with Crippen LogP contribution in [0.4, 0.5) is 5.82 Å². The van der Waals surface area contributed by atoms with Gasteiger partial charge in [-0.1, -0.05) is 6.07 Å². The zero-order valence-electron chi connectivity index (χ0n) is 16.6. The quantitative estimate of drug-likeness (QED) is 0.249. The van der Waals surface area contributed by atoms with E-state index in [0.29, 0.717) is 40.5 Å². The van der Waals surface area contributed by atoms with E-state index < -0.39 is 13.8 Å². The van der Waals surface area contributed by atoms with Crippen molar-refractivity contribution < 1.29 is 23.9 Å². The third kappa shape index (κ3) is 5.63. The highest BCUT2D eigenvalue weighted by Crippen LogP contribution is 2.39. The normalized spacial score (nSPS) is 11.7. The highest BCUT2D eigenvalue weighted by atomic mass is 31.2. The van der Waals surface area contributed by atoms with Gasteiger partial charge in [0.15, 0.2) is 17.2 Å². The van der Waals surface area contributed by atoms with Crippen molar-refractivity contribution in [3.63, 3.8) is 0 Å². The highest BCUT2D eigenvalue weighted by Gasteiger charge is 2.17. The minimum Gasteiger partial charge on any atom is -0.493 e. The zero-order chi connectivity index (χ0) is 21.7. The fourth-order valence-electron chi connectivity index (χ4n) is 3.12. The molecule has 0 fully saturated rings. The number of nitrogens with two attached hydrogens (primary N) is 1. The molecule has 0 saturated heterocycles. The number of ketones is 1. The Bertz CT molecular complexity index is 1090. The smallest absolute Gasteiger partial charge is 0.329 e. The summed E-state index contributed by atoms with van der Waals surface area (Å²) in [6.45, 7) is 2.57. The number of anilines is 1. The van der Waals surface area contributed by atoms with E-state index in [1.165, 1.54) is 19.3 Å². The Morgan fingerprint density at radius 2 is 2.00 bits per heavy atom. The first kappa shape index (κ1) is 21.9. The molecule has 11 heteroatoms. The molecular formula is C19H24N5O5P. The van der Waals surface area contributed by atoms with E-state index in [1.54, 1.807) is 18.5 Å². The Labute approximate surface area is 173 Å². The van der Waals surface area contributed by atoms with Crippen LogP contribution >= 0.6 is 7.60 Å². The van der Waals surface area contributed by atoms with Gasteiger partial charge in [-0.15, -0.1) is 0 Å². The molecule has 2 heterocycles. The van der Waals surface area contributed by atoms with Crippen LogP contribution in [0.15, 0.2) is 30.9 Å². The number of aryl methyl sites for hydroxylation is 1. The van der Waals surface area contributed by atoms with Crippen molar-refractivity contribution in [2.24, 2.45) is 0 Å². The predicted molar refractivity (Wildman–Crippen MR) is 111 cm³/mol. The number of Topliss-reactive ketones (excluding diaryl/α,β-unsaturated/α-hetero) is 1. The van der Waals surface area contributed by atoms with Gasteiger partial charge in [-0.3, -0.25) is 9.36 Å². The Kier molecular flexibility index (Phi) is 6.81. The molecule has 0 bridgehead atoms. The lowest BCUT2D eigenvalue weighted by molar-refractivity contribution is 0.101. The maximum Gasteiger partial charge on any atom is 0.329 e.